The van der Waals surface area contributed by atoms with Crippen molar-refractivity contribution in [3.63, 3.8) is 0 Å². The molecule has 100 valence electrons. The molecule has 0 saturated carbocycles. The van der Waals surface area contributed by atoms with Crippen LogP contribution in [0.2, 0.25) is 0 Å². The molecule has 1 amide bonds. The second-order valence-electron chi connectivity index (χ2n) is 4.06. The molecule has 1 N–H and O–H groups in total. The molecule has 0 fully saturated rings. The maximum atomic E-state index is 11.5. The Kier molecular flexibility index (Phi) is 4.97. The fourth-order valence-electron chi connectivity index (χ4n) is 1.65. The van der Waals surface area contributed by atoms with Crippen LogP contribution >= 0.6 is 0 Å². The first kappa shape index (κ1) is 14.3. The number of methoxy groups -OCH3 is 2. The number of amides is 1. The minimum atomic E-state index is -0.991. The Hall–Kier alpha value is -1.75. The van der Waals surface area contributed by atoms with E-state index < -0.39 is 6.10 Å². The third-order valence-corrected chi connectivity index (χ3v) is 2.60. The lowest BCUT2D eigenvalue weighted by atomic mass is 10.2. The number of aliphatic hydroxyl groups excluding tert-OH is 1. The van der Waals surface area contributed by atoms with Gasteiger partial charge in [0, 0.05) is 13.6 Å². The fourth-order valence-corrected chi connectivity index (χ4v) is 1.65. The molecule has 5 heteroatoms. The van der Waals surface area contributed by atoms with Crippen LogP contribution in [0.25, 0.3) is 0 Å². The molecule has 1 rings (SSSR count). The van der Waals surface area contributed by atoms with Crippen LogP contribution in [0, 0.1) is 0 Å². The number of hydrogen-bond acceptors (Lipinski definition) is 4. The van der Waals surface area contributed by atoms with Gasteiger partial charge in [0.1, 0.15) is 6.10 Å². The predicted molar refractivity (Wildman–Crippen MR) is 67.7 cm³/mol. The average Bonchev–Trinajstić information content (AvgIpc) is 2.37. The first-order chi connectivity index (χ1) is 8.49. The van der Waals surface area contributed by atoms with Crippen LogP contribution in [-0.4, -0.2) is 43.3 Å². The van der Waals surface area contributed by atoms with E-state index in [1.807, 2.05) is 12.1 Å². The van der Waals surface area contributed by atoms with E-state index in [0.29, 0.717) is 18.0 Å². The zero-order chi connectivity index (χ0) is 13.7. The van der Waals surface area contributed by atoms with Crippen molar-refractivity contribution in [3.05, 3.63) is 23.8 Å². The van der Waals surface area contributed by atoms with Gasteiger partial charge < -0.3 is 19.5 Å². The Bertz CT molecular complexity index is 417. The standard InChI is InChI=1S/C13H19NO4/c1-9(15)13(16)14(2)8-10-5-6-11(17-3)12(7-10)18-4/h5-7,9,15H,8H2,1-4H3. The molecule has 1 atom stereocenters. The highest BCUT2D eigenvalue weighted by molar-refractivity contribution is 5.79. The Morgan fingerprint density at radius 2 is 1.94 bits per heavy atom. The summed E-state index contributed by atoms with van der Waals surface area (Å²) in [6.07, 6.45) is -0.991. The van der Waals surface area contributed by atoms with Crippen LogP contribution < -0.4 is 9.47 Å². The molecule has 0 saturated heterocycles. The number of aliphatic hydroxyl groups is 1. The maximum Gasteiger partial charge on any atom is 0.251 e. The maximum absolute atomic E-state index is 11.5. The monoisotopic (exact) mass is 253 g/mol. The van der Waals surface area contributed by atoms with Crippen LogP contribution in [-0.2, 0) is 11.3 Å². The summed E-state index contributed by atoms with van der Waals surface area (Å²) >= 11 is 0. The van der Waals surface area contributed by atoms with Crippen molar-refractivity contribution in [3.8, 4) is 11.5 Å². The van der Waals surface area contributed by atoms with Gasteiger partial charge in [-0.3, -0.25) is 4.79 Å². The van der Waals surface area contributed by atoms with E-state index in [9.17, 15) is 9.90 Å². The third-order valence-electron chi connectivity index (χ3n) is 2.60. The number of carbonyl (C=O) groups excluding carboxylic acids is 1. The Labute approximate surface area is 107 Å². The van der Waals surface area contributed by atoms with Gasteiger partial charge in [0.05, 0.1) is 14.2 Å². The zero-order valence-electron chi connectivity index (χ0n) is 11.1. The predicted octanol–water partition coefficient (Wildman–Crippen LogP) is 1.04. The number of benzene rings is 1. The van der Waals surface area contributed by atoms with E-state index in [0.717, 1.165) is 5.56 Å². The molecule has 0 aliphatic rings. The van der Waals surface area contributed by atoms with Crippen molar-refractivity contribution >= 4 is 5.91 Å². The number of hydrogen-bond donors (Lipinski definition) is 1. The number of carbonyl (C=O) groups is 1. The normalized spacial score (nSPS) is 11.8. The highest BCUT2D eigenvalue weighted by atomic mass is 16.5. The molecule has 0 radical (unpaired) electrons. The van der Waals surface area contributed by atoms with E-state index in [1.165, 1.54) is 11.8 Å². The van der Waals surface area contributed by atoms with Gasteiger partial charge in [0.25, 0.3) is 5.91 Å². The first-order valence-electron chi connectivity index (χ1n) is 5.63. The van der Waals surface area contributed by atoms with Gasteiger partial charge in [-0.05, 0) is 24.6 Å². The fraction of sp³-hybridized carbons (Fsp3) is 0.462. The molecule has 1 aromatic rings. The molecule has 0 aromatic heterocycles. The smallest absolute Gasteiger partial charge is 0.251 e. The summed E-state index contributed by atoms with van der Waals surface area (Å²) < 4.78 is 10.3. The number of rotatable bonds is 5. The molecular formula is C13H19NO4. The lowest BCUT2D eigenvalue weighted by Crippen LogP contribution is -2.34. The van der Waals surface area contributed by atoms with Crippen LogP contribution in [0.4, 0.5) is 0 Å². The van der Waals surface area contributed by atoms with Crippen molar-refractivity contribution in [2.75, 3.05) is 21.3 Å². The highest BCUT2D eigenvalue weighted by Gasteiger charge is 2.15. The van der Waals surface area contributed by atoms with E-state index in [2.05, 4.69) is 0 Å². The minimum Gasteiger partial charge on any atom is -0.493 e. The summed E-state index contributed by atoms with van der Waals surface area (Å²) in [7, 11) is 4.78. The summed E-state index contributed by atoms with van der Waals surface area (Å²) in [6.45, 7) is 1.86. The van der Waals surface area contributed by atoms with Crippen LogP contribution in [0.1, 0.15) is 12.5 Å². The Balaban J connectivity index is 2.82. The molecule has 0 aliphatic carbocycles. The SMILES string of the molecule is COc1ccc(CN(C)C(=O)C(C)O)cc1OC. The molecule has 0 heterocycles. The number of ether oxygens (including phenoxy) is 2. The van der Waals surface area contributed by atoms with Crippen LogP contribution in [0.5, 0.6) is 11.5 Å². The van der Waals surface area contributed by atoms with Crippen LogP contribution in [0.3, 0.4) is 0 Å². The highest BCUT2D eigenvalue weighted by Crippen LogP contribution is 2.27. The second kappa shape index (κ2) is 6.26. The number of nitrogens with zero attached hydrogens (tertiary/aromatic N) is 1. The Morgan fingerprint density at radius 3 is 2.44 bits per heavy atom. The van der Waals surface area contributed by atoms with Crippen molar-refractivity contribution in [1.29, 1.82) is 0 Å². The topological polar surface area (TPSA) is 59.0 Å². The molecule has 0 bridgehead atoms. The lowest BCUT2D eigenvalue weighted by molar-refractivity contribution is -0.138. The summed E-state index contributed by atoms with van der Waals surface area (Å²) in [5, 5.41) is 9.22. The molecule has 18 heavy (non-hydrogen) atoms. The molecule has 0 aliphatic heterocycles. The van der Waals surface area contributed by atoms with E-state index in [-0.39, 0.29) is 5.91 Å². The second-order valence-corrected chi connectivity index (χ2v) is 4.06. The van der Waals surface area contributed by atoms with Gasteiger partial charge in [0.15, 0.2) is 11.5 Å². The average molecular weight is 253 g/mol. The molecular weight excluding hydrogens is 234 g/mol. The first-order valence-corrected chi connectivity index (χ1v) is 5.63. The van der Waals surface area contributed by atoms with Crippen molar-refractivity contribution in [2.45, 2.75) is 19.6 Å². The van der Waals surface area contributed by atoms with Gasteiger partial charge in [-0.25, -0.2) is 0 Å². The van der Waals surface area contributed by atoms with Gasteiger partial charge in [-0.15, -0.1) is 0 Å². The van der Waals surface area contributed by atoms with Crippen LogP contribution in [0.15, 0.2) is 18.2 Å². The largest absolute Gasteiger partial charge is 0.493 e. The van der Waals surface area contributed by atoms with Crippen molar-refractivity contribution in [1.82, 2.24) is 4.90 Å². The van der Waals surface area contributed by atoms with Gasteiger partial charge in [-0.2, -0.15) is 0 Å². The van der Waals surface area contributed by atoms with Crippen molar-refractivity contribution in [2.24, 2.45) is 0 Å². The van der Waals surface area contributed by atoms with Gasteiger partial charge in [0.2, 0.25) is 0 Å². The summed E-state index contributed by atoms with van der Waals surface area (Å²) in [4.78, 5) is 13.0. The third kappa shape index (κ3) is 3.37. The van der Waals surface area contributed by atoms with E-state index in [1.54, 1.807) is 27.3 Å². The van der Waals surface area contributed by atoms with Gasteiger partial charge >= 0.3 is 0 Å². The van der Waals surface area contributed by atoms with E-state index >= 15 is 0 Å². The lowest BCUT2D eigenvalue weighted by Gasteiger charge is -2.19. The summed E-state index contributed by atoms with van der Waals surface area (Å²) in [5.74, 6) is 0.948. The molecule has 1 unspecified atom stereocenters. The molecule has 0 spiro atoms. The number of likely N-dealkylation sites (N-methyl/N-ethyl adjacent to an activating group) is 1. The summed E-state index contributed by atoms with van der Waals surface area (Å²) in [6, 6.07) is 5.45. The summed E-state index contributed by atoms with van der Waals surface area (Å²) in [5.41, 5.74) is 0.907. The minimum absolute atomic E-state index is 0.315. The molecule has 5 nitrogen and oxygen atoms in total. The van der Waals surface area contributed by atoms with E-state index in [4.69, 9.17) is 9.47 Å². The van der Waals surface area contributed by atoms with Gasteiger partial charge in [-0.1, -0.05) is 6.07 Å². The quantitative estimate of drug-likeness (QED) is 0.852. The zero-order valence-corrected chi connectivity index (χ0v) is 11.1. The van der Waals surface area contributed by atoms with Crippen molar-refractivity contribution < 1.29 is 19.4 Å². The Morgan fingerprint density at radius 1 is 1.33 bits per heavy atom. The molecule has 1 aromatic carbocycles.